The Balaban J connectivity index is 2.45. The number of esters is 1. The highest BCUT2D eigenvalue weighted by Gasteiger charge is 2.18. The van der Waals surface area contributed by atoms with Crippen LogP contribution in [0.5, 0.6) is 0 Å². The Morgan fingerprint density at radius 1 is 1.30 bits per heavy atom. The summed E-state index contributed by atoms with van der Waals surface area (Å²) in [5, 5.41) is 0.0131. The van der Waals surface area contributed by atoms with Crippen molar-refractivity contribution in [2.75, 3.05) is 19.8 Å². The van der Waals surface area contributed by atoms with E-state index >= 15 is 0 Å². The average molecular weight is 342 g/mol. The Kier molecular flexibility index (Phi) is 5.74. The van der Waals surface area contributed by atoms with Crippen LogP contribution in [0.2, 0.25) is 5.02 Å². The fourth-order valence-electron chi connectivity index (χ4n) is 2.21. The first-order valence-electron chi connectivity index (χ1n) is 7.26. The van der Waals surface area contributed by atoms with Gasteiger partial charge in [-0.05, 0) is 26.0 Å². The Morgan fingerprint density at radius 2 is 2.04 bits per heavy atom. The molecule has 0 fully saturated rings. The fourth-order valence-corrected chi connectivity index (χ4v) is 2.37. The van der Waals surface area contributed by atoms with Crippen LogP contribution in [-0.4, -0.2) is 30.4 Å². The molecule has 23 heavy (non-hydrogen) atoms. The zero-order chi connectivity index (χ0) is 17.0. The van der Waals surface area contributed by atoms with Crippen LogP contribution in [0, 0.1) is 5.82 Å². The topological polar surface area (TPSA) is 57.5 Å². The molecule has 1 aromatic heterocycles. The first-order chi connectivity index (χ1) is 11.0. The van der Waals surface area contributed by atoms with Crippen molar-refractivity contribution in [2.45, 2.75) is 20.4 Å². The van der Waals surface area contributed by atoms with Gasteiger partial charge in [-0.2, -0.15) is 0 Å². The van der Waals surface area contributed by atoms with Crippen LogP contribution >= 0.6 is 11.6 Å². The summed E-state index contributed by atoms with van der Waals surface area (Å²) in [4.78, 5) is 24.5. The summed E-state index contributed by atoms with van der Waals surface area (Å²) in [5.74, 6) is -1.46. The van der Waals surface area contributed by atoms with Crippen LogP contribution in [0.3, 0.4) is 0 Å². The molecule has 0 amide bonds. The Labute approximate surface area is 137 Å². The lowest BCUT2D eigenvalue weighted by Crippen LogP contribution is -2.22. The van der Waals surface area contributed by atoms with E-state index in [1.165, 1.54) is 12.3 Å². The summed E-state index contributed by atoms with van der Waals surface area (Å²) in [6, 6.07) is 2.42. The number of halogens is 2. The van der Waals surface area contributed by atoms with Crippen LogP contribution in [0.15, 0.2) is 23.1 Å². The van der Waals surface area contributed by atoms with Gasteiger partial charge in [0.1, 0.15) is 18.0 Å². The molecule has 0 aliphatic carbocycles. The van der Waals surface area contributed by atoms with E-state index in [1.807, 2.05) is 13.8 Å². The predicted molar refractivity (Wildman–Crippen MR) is 85.6 cm³/mol. The molecule has 1 heterocycles. The average Bonchev–Trinajstić information content (AvgIpc) is 2.54. The number of benzene rings is 1. The number of hydrogen-bond acceptors (Lipinski definition) is 4. The minimum Gasteiger partial charge on any atom is -0.459 e. The highest BCUT2D eigenvalue weighted by Crippen LogP contribution is 2.21. The second-order valence-electron chi connectivity index (χ2n) is 4.77. The molecule has 0 aliphatic rings. The molecule has 2 rings (SSSR count). The van der Waals surface area contributed by atoms with Crippen molar-refractivity contribution in [1.82, 2.24) is 4.57 Å². The molecule has 2 aromatic rings. The van der Waals surface area contributed by atoms with Crippen molar-refractivity contribution < 1.29 is 18.7 Å². The fraction of sp³-hybridized carbons (Fsp3) is 0.375. The number of ether oxygens (including phenoxy) is 2. The van der Waals surface area contributed by atoms with Gasteiger partial charge in [-0.3, -0.25) is 4.79 Å². The quantitative estimate of drug-likeness (QED) is 0.598. The van der Waals surface area contributed by atoms with Crippen LogP contribution in [-0.2, 0) is 16.0 Å². The van der Waals surface area contributed by atoms with Gasteiger partial charge in [-0.1, -0.05) is 11.6 Å². The molecule has 124 valence electrons. The lowest BCUT2D eigenvalue weighted by molar-refractivity contribution is 0.0333. The normalized spacial score (nSPS) is 11.0. The zero-order valence-corrected chi connectivity index (χ0v) is 13.7. The van der Waals surface area contributed by atoms with Crippen LogP contribution in [0.1, 0.15) is 24.2 Å². The molecule has 1 aromatic carbocycles. The standard InChI is InChI=1S/C16H17ClFNO4/c1-3-19-9-11(16(21)23-6-5-22-4-2)15(20)10-7-13(18)12(17)8-14(10)19/h7-9H,3-6H2,1-2H3. The van der Waals surface area contributed by atoms with Crippen LogP contribution in [0.4, 0.5) is 4.39 Å². The van der Waals surface area contributed by atoms with E-state index in [1.54, 1.807) is 4.57 Å². The van der Waals surface area contributed by atoms with Gasteiger partial charge >= 0.3 is 5.97 Å². The number of aromatic nitrogens is 1. The summed E-state index contributed by atoms with van der Waals surface area (Å²) in [6.45, 7) is 4.96. The van der Waals surface area contributed by atoms with E-state index in [-0.39, 0.29) is 29.2 Å². The van der Waals surface area contributed by atoms with Crippen molar-refractivity contribution in [2.24, 2.45) is 0 Å². The molecular weight excluding hydrogens is 325 g/mol. The van der Waals surface area contributed by atoms with E-state index in [0.29, 0.717) is 18.7 Å². The maximum absolute atomic E-state index is 13.7. The number of fused-ring (bicyclic) bond motifs is 1. The van der Waals surface area contributed by atoms with Gasteiger partial charge in [-0.25, -0.2) is 9.18 Å². The predicted octanol–water partition coefficient (Wildman–Crippen LogP) is 3.01. The van der Waals surface area contributed by atoms with Gasteiger partial charge < -0.3 is 14.0 Å². The lowest BCUT2D eigenvalue weighted by atomic mass is 10.1. The Hall–Kier alpha value is -1.92. The number of nitrogens with zero attached hydrogens (tertiary/aromatic N) is 1. The summed E-state index contributed by atoms with van der Waals surface area (Å²) in [7, 11) is 0. The molecule has 0 N–H and O–H groups in total. The van der Waals surface area contributed by atoms with Crippen molar-refractivity contribution in [3.05, 3.63) is 45.0 Å². The number of carbonyl (C=O) groups is 1. The number of aryl methyl sites for hydroxylation is 1. The van der Waals surface area contributed by atoms with Crippen molar-refractivity contribution in [1.29, 1.82) is 0 Å². The molecule has 0 saturated carbocycles. The monoisotopic (exact) mass is 341 g/mol. The minimum absolute atomic E-state index is 0.0469. The number of rotatable bonds is 6. The minimum atomic E-state index is -0.755. The van der Waals surface area contributed by atoms with Crippen molar-refractivity contribution in [3.63, 3.8) is 0 Å². The van der Waals surface area contributed by atoms with Crippen molar-refractivity contribution in [3.8, 4) is 0 Å². The highest BCUT2D eigenvalue weighted by atomic mass is 35.5. The SMILES string of the molecule is CCOCCOC(=O)c1cn(CC)c2cc(Cl)c(F)cc2c1=O. The summed E-state index contributed by atoms with van der Waals surface area (Å²) < 4.78 is 25.4. The smallest absolute Gasteiger partial charge is 0.343 e. The zero-order valence-electron chi connectivity index (χ0n) is 12.9. The second kappa shape index (κ2) is 7.57. The Bertz CT molecular complexity index is 788. The van der Waals surface area contributed by atoms with E-state index in [0.717, 1.165) is 6.07 Å². The van der Waals surface area contributed by atoms with Crippen LogP contribution in [0.25, 0.3) is 10.9 Å². The van der Waals surface area contributed by atoms with Gasteiger partial charge in [0.2, 0.25) is 5.43 Å². The third-order valence-corrected chi connectivity index (χ3v) is 3.64. The molecule has 0 spiro atoms. The first-order valence-corrected chi connectivity index (χ1v) is 7.64. The summed E-state index contributed by atoms with van der Waals surface area (Å²) in [5.41, 5.74) is -0.256. The van der Waals surface area contributed by atoms with Crippen LogP contribution < -0.4 is 5.43 Å². The highest BCUT2D eigenvalue weighted by molar-refractivity contribution is 6.31. The second-order valence-corrected chi connectivity index (χ2v) is 5.18. The third kappa shape index (κ3) is 3.71. The molecule has 0 unspecified atom stereocenters. The number of pyridine rings is 1. The number of hydrogen-bond donors (Lipinski definition) is 0. The van der Waals surface area contributed by atoms with Gasteiger partial charge in [0.25, 0.3) is 0 Å². The molecule has 7 heteroatoms. The van der Waals surface area contributed by atoms with E-state index in [2.05, 4.69) is 0 Å². The maximum Gasteiger partial charge on any atom is 0.343 e. The van der Waals surface area contributed by atoms with Gasteiger partial charge in [-0.15, -0.1) is 0 Å². The van der Waals surface area contributed by atoms with Gasteiger partial charge in [0.15, 0.2) is 0 Å². The van der Waals surface area contributed by atoms with Crippen molar-refractivity contribution >= 4 is 28.5 Å². The molecule has 5 nitrogen and oxygen atoms in total. The first kappa shape index (κ1) is 17.4. The van der Waals surface area contributed by atoms with E-state index < -0.39 is 17.2 Å². The van der Waals surface area contributed by atoms with E-state index in [4.69, 9.17) is 21.1 Å². The Morgan fingerprint density at radius 3 is 2.70 bits per heavy atom. The van der Waals surface area contributed by atoms with E-state index in [9.17, 15) is 14.0 Å². The molecule has 0 aliphatic heterocycles. The van der Waals surface area contributed by atoms with Gasteiger partial charge in [0, 0.05) is 24.7 Å². The summed E-state index contributed by atoms with van der Waals surface area (Å²) in [6.07, 6.45) is 1.40. The lowest BCUT2D eigenvalue weighted by Gasteiger charge is -2.12. The maximum atomic E-state index is 13.7. The molecule has 0 atom stereocenters. The molecular formula is C16H17ClFNO4. The summed E-state index contributed by atoms with van der Waals surface area (Å²) >= 11 is 5.77. The molecule has 0 bridgehead atoms. The molecule has 0 radical (unpaired) electrons. The molecule has 0 saturated heterocycles. The largest absolute Gasteiger partial charge is 0.459 e. The number of carbonyl (C=O) groups excluding carboxylic acids is 1. The third-order valence-electron chi connectivity index (χ3n) is 3.35. The van der Waals surface area contributed by atoms with Gasteiger partial charge in [0.05, 0.1) is 17.1 Å².